The van der Waals surface area contributed by atoms with Crippen molar-refractivity contribution in [1.29, 1.82) is 0 Å². The van der Waals surface area contributed by atoms with Gasteiger partial charge >= 0.3 is 0 Å². The molecule has 1 N–H and O–H groups in total. The molecule has 6 nitrogen and oxygen atoms in total. The maximum Gasteiger partial charge on any atom is 0.230 e. The van der Waals surface area contributed by atoms with E-state index in [9.17, 15) is 4.79 Å². The summed E-state index contributed by atoms with van der Waals surface area (Å²) in [7, 11) is 1.58. The Morgan fingerprint density at radius 1 is 1.16 bits per heavy atom. The first-order valence-corrected chi connectivity index (χ1v) is 12.2. The number of nitrogens with zero attached hydrogens (tertiary/aromatic N) is 3. The van der Waals surface area contributed by atoms with Crippen LogP contribution < -0.4 is 10.1 Å². The van der Waals surface area contributed by atoms with Gasteiger partial charge < -0.3 is 10.1 Å². The number of nitrogens with one attached hydrogen (secondary N) is 1. The molecule has 0 spiro atoms. The summed E-state index contributed by atoms with van der Waals surface area (Å²) in [6.45, 7) is 0.607. The molecule has 4 aromatic rings. The first kappa shape index (κ1) is 22.4. The van der Waals surface area contributed by atoms with Crippen LogP contribution in [0.2, 0.25) is 5.02 Å². The van der Waals surface area contributed by atoms with Gasteiger partial charge in [-0.3, -0.25) is 9.36 Å². The summed E-state index contributed by atoms with van der Waals surface area (Å²) in [6.07, 6.45) is 0.826. The molecule has 2 aromatic carbocycles. The summed E-state index contributed by atoms with van der Waals surface area (Å²) in [4.78, 5) is 13.6. The number of thiophene rings is 1. The Hall–Kier alpha value is -2.81. The molecule has 0 aliphatic heterocycles. The van der Waals surface area contributed by atoms with Crippen molar-refractivity contribution in [3.05, 3.63) is 75.9 Å². The smallest absolute Gasteiger partial charge is 0.230 e. The molecule has 4 rings (SSSR count). The molecule has 0 aliphatic rings. The number of methoxy groups -OCH3 is 1. The Balaban J connectivity index is 1.53. The van der Waals surface area contributed by atoms with Gasteiger partial charge in [-0.25, -0.2) is 0 Å². The number of thioether (sulfide) groups is 1. The lowest BCUT2D eigenvalue weighted by Crippen LogP contribution is -2.27. The number of carbonyl (C=O) groups excluding carboxylic acids is 1. The van der Waals surface area contributed by atoms with Gasteiger partial charge in [-0.1, -0.05) is 59.8 Å². The highest BCUT2D eigenvalue weighted by Gasteiger charge is 2.18. The Morgan fingerprint density at radius 3 is 2.72 bits per heavy atom. The fourth-order valence-corrected chi connectivity index (χ4v) is 4.87. The maximum absolute atomic E-state index is 12.4. The average Bonchev–Trinajstić information content (AvgIpc) is 3.48. The van der Waals surface area contributed by atoms with E-state index in [0.717, 1.165) is 17.7 Å². The molecular weight excluding hydrogens is 464 g/mol. The summed E-state index contributed by atoms with van der Waals surface area (Å²) in [5.41, 5.74) is 1.71. The van der Waals surface area contributed by atoms with Gasteiger partial charge in [0.05, 0.1) is 23.6 Å². The molecule has 2 aromatic heterocycles. The molecule has 0 saturated carbocycles. The summed E-state index contributed by atoms with van der Waals surface area (Å²) >= 11 is 9.40. The van der Waals surface area contributed by atoms with E-state index in [1.807, 2.05) is 52.4 Å². The van der Waals surface area contributed by atoms with Gasteiger partial charge in [0.1, 0.15) is 5.75 Å². The van der Waals surface area contributed by atoms with Gasteiger partial charge in [-0.2, -0.15) is 0 Å². The van der Waals surface area contributed by atoms with Crippen molar-refractivity contribution in [3.63, 3.8) is 0 Å². The van der Waals surface area contributed by atoms with Crippen LogP contribution in [-0.4, -0.2) is 40.1 Å². The van der Waals surface area contributed by atoms with Crippen LogP contribution >= 0.6 is 34.7 Å². The molecule has 0 atom stereocenters. The van der Waals surface area contributed by atoms with Crippen molar-refractivity contribution in [1.82, 2.24) is 20.1 Å². The molecule has 1 amide bonds. The largest absolute Gasteiger partial charge is 0.495 e. The predicted octanol–water partition coefficient (Wildman–Crippen LogP) is 5.11. The minimum absolute atomic E-state index is 0.0462. The standard InChI is InChI=1S/C23H21ClN4O2S2/c1-30-20-10-9-17(14-19(20)24)28-22(16-6-3-2-4-7-16)26-27-23(28)32-15-21(29)25-12-11-18-8-5-13-31-18/h2-10,13-14H,11-12,15H2,1H3,(H,25,29). The Kier molecular flexibility index (Phi) is 7.47. The Bertz CT molecular complexity index is 1180. The molecule has 0 saturated heterocycles. The van der Waals surface area contributed by atoms with Crippen molar-refractivity contribution >= 4 is 40.6 Å². The second-order valence-corrected chi connectivity index (χ2v) is 9.18. The lowest BCUT2D eigenvalue weighted by molar-refractivity contribution is -0.118. The number of hydrogen-bond acceptors (Lipinski definition) is 6. The lowest BCUT2D eigenvalue weighted by Gasteiger charge is -2.12. The minimum atomic E-state index is -0.0462. The first-order chi connectivity index (χ1) is 15.7. The summed E-state index contributed by atoms with van der Waals surface area (Å²) in [5.74, 6) is 1.45. The minimum Gasteiger partial charge on any atom is -0.495 e. The fraction of sp³-hybridized carbons (Fsp3) is 0.174. The number of benzene rings is 2. The third-order valence-corrected chi connectivity index (χ3v) is 6.83. The van der Waals surface area contributed by atoms with Crippen molar-refractivity contribution in [2.45, 2.75) is 11.6 Å². The van der Waals surface area contributed by atoms with Gasteiger partial charge in [-0.15, -0.1) is 21.5 Å². The zero-order chi connectivity index (χ0) is 22.3. The number of ether oxygens (including phenoxy) is 1. The first-order valence-electron chi connectivity index (χ1n) is 9.92. The molecule has 0 aliphatic carbocycles. The quantitative estimate of drug-likeness (QED) is 0.334. The van der Waals surface area contributed by atoms with Gasteiger partial charge in [0.15, 0.2) is 11.0 Å². The van der Waals surface area contributed by atoms with Crippen LogP contribution in [0.3, 0.4) is 0 Å². The van der Waals surface area contributed by atoms with Crippen LogP contribution in [0.5, 0.6) is 5.75 Å². The monoisotopic (exact) mass is 484 g/mol. The zero-order valence-electron chi connectivity index (χ0n) is 17.3. The van der Waals surface area contributed by atoms with Crippen molar-refractivity contribution in [3.8, 4) is 22.8 Å². The molecule has 0 radical (unpaired) electrons. The second-order valence-electron chi connectivity index (χ2n) is 6.79. The third kappa shape index (κ3) is 5.32. The fourth-order valence-electron chi connectivity index (χ4n) is 3.13. The van der Waals surface area contributed by atoms with Crippen LogP contribution in [0.25, 0.3) is 17.1 Å². The highest BCUT2D eigenvalue weighted by molar-refractivity contribution is 7.99. The van der Waals surface area contributed by atoms with Gasteiger partial charge in [0.25, 0.3) is 0 Å². The maximum atomic E-state index is 12.4. The van der Waals surface area contributed by atoms with Crippen LogP contribution in [0.1, 0.15) is 4.88 Å². The van der Waals surface area contributed by atoms with E-state index in [0.29, 0.717) is 28.3 Å². The topological polar surface area (TPSA) is 69.0 Å². The van der Waals surface area contributed by atoms with E-state index in [1.54, 1.807) is 30.6 Å². The van der Waals surface area contributed by atoms with Crippen molar-refractivity contribution in [2.24, 2.45) is 0 Å². The van der Waals surface area contributed by atoms with Crippen LogP contribution in [0.4, 0.5) is 0 Å². The molecule has 9 heteroatoms. The second kappa shape index (κ2) is 10.7. The molecular formula is C23H21ClN4O2S2. The van der Waals surface area contributed by atoms with Crippen LogP contribution in [0.15, 0.2) is 71.2 Å². The van der Waals surface area contributed by atoms with E-state index in [4.69, 9.17) is 16.3 Å². The Morgan fingerprint density at radius 2 is 2.00 bits per heavy atom. The van der Waals surface area contributed by atoms with E-state index >= 15 is 0 Å². The molecule has 2 heterocycles. The number of amides is 1. The number of halogens is 1. The molecule has 0 bridgehead atoms. The van der Waals surface area contributed by atoms with Gasteiger partial charge in [-0.05, 0) is 36.1 Å². The summed E-state index contributed by atoms with van der Waals surface area (Å²) < 4.78 is 7.18. The Labute approximate surface area is 199 Å². The molecule has 32 heavy (non-hydrogen) atoms. The number of carbonyl (C=O) groups is 1. The van der Waals surface area contributed by atoms with Crippen molar-refractivity contribution in [2.75, 3.05) is 19.4 Å². The molecule has 0 unspecified atom stereocenters. The molecule has 164 valence electrons. The van der Waals surface area contributed by atoms with Crippen LogP contribution in [-0.2, 0) is 11.2 Å². The van der Waals surface area contributed by atoms with Gasteiger partial charge in [0.2, 0.25) is 5.91 Å². The normalized spacial score (nSPS) is 10.8. The number of rotatable bonds is 9. The SMILES string of the molecule is COc1ccc(-n2c(SCC(=O)NCCc3cccs3)nnc2-c2ccccc2)cc1Cl. The molecule has 0 fully saturated rings. The summed E-state index contributed by atoms with van der Waals surface area (Å²) in [5, 5.41) is 14.9. The highest BCUT2D eigenvalue weighted by atomic mass is 35.5. The van der Waals surface area contributed by atoms with Crippen molar-refractivity contribution < 1.29 is 9.53 Å². The summed E-state index contributed by atoms with van der Waals surface area (Å²) in [6, 6.07) is 19.4. The highest BCUT2D eigenvalue weighted by Crippen LogP contribution is 2.32. The number of hydrogen-bond donors (Lipinski definition) is 1. The van der Waals surface area contributed by atoms with E-state index in [2.05, 4.69) is 21.6 Å². The lowest BCUT2D eigenvalue weighted by atomic mass is 10.2. The third-order valence-electron chi connectivity index (χ3n) is 4.66. The van der Waals surface area contributed by atoms with E-state index in [1.165, 1.54) is 16.6 Å². The van der Waals surface area contributed by atoms with Gasteiger partial charge in [0, 0.05) is 17.0 Å². The average molecular weight is 485 g/mol. The van der Waals surface area contributed by atoms with E-state index < -0.39 is 0 Å². The number of aromatic nitrogens is 3. The van der Waals surface area contributed by atoms with E-state index in [-0.39, 0.29) is 11.7 Å². The predicted molar refractivity (Wildman–Crippen MR) is 130 cm³/mol. The zero-order valence-corrected chi connectivity index (χ0v) is 19.7. The van der Waals surface area contributed by atoms with Crippen LogP contribution in [0, 0.1) is 0 Å².